The highest BCUT2D eigenvalue weighted by molar-refractivity contribution is 5.80. The molecule has 1 N–H and O–H groups in total. The predicted octanol–water partition coefficient (Wildman–Crippen LogP) is 3.49. The molecule has 1 saturated heterocycles. The van der Waals surface area contributed by atoms with E-state index in [1.807, 2.05) is 12.1 Å². The number of para-hydroxylation sites is 1. The van der Waals surface area contributed by atoms with Crippen LogP contribution in [0.5, 0.6) is 5.75 Å². The molecule has 1 fully saturated rings. The molecule has 4 nitrogen and oxygen atoms in total. The van der Waals surface area contributed by atoms with Gasteiger partial charge in [-0.05, 0) is 35.2 Å². The number of aromatic nitrogens is 1. The van der Waals surface area contributed by atoms with Gasteiger partial charge in [-0.25, -0.2) is 0 Å². The molecular formula is C21H25N3O. The van der Waals surface area contributed by atoms with Gasteiger partial charge < -0.3 is 9.72 Å². The van der Waals surface area contributed by atoms with Crippen molar-refractivity contribution in [2.45, 2.75) is 13.1 Å². The van der Waals surface area contributed by atoms with E-state index in [2.05, 4.69) is 57.2 Å². The van der Waals surface area contributed by atoms with E-state index in [1.54, 1.807) is 7.11 Å². The summed E-state index contributed by atoms with van der Waals surface area (Å²) in [7, 11) is 1.71. The van der Waals surface area contributed by atoms with Gasteiger partial charge in [0.1, 0.15) is 5.75 Å². The SMILES string of the molecule is COc1ccc(CN2CCN(Cc3cc4ccccc4[nH]3)CC2)cc1. The number of methoxy groups -OCH3 is 1. The smallest absolute Gasteiger partial charge is 0.118 e. The number of piperazine rings is 1. The first-order chi connectivity index (χ1) is 12.3. The summed E-state index contributed by atoms with van der Waals surface area (Å²) in [5.41, 5.74) is 3.89. The van der Waals surface area contributed by atoms with E-state index >= 15 is 0 Å². The molecule has 0 atom stereocenters. The van der Waals surface area contributed by atoms with Crippen LogP contribution in [0, 0.1) is 0 Å². The number of benzene rings is 2. The summed E-state index contributed by atoms with van der Waals surface area (Å²) in [6, 6.07) is 19.2. The first-order valence-corrected chi connectivity index (χ1v) is 8.94. The zero-order valence-electron chi connectivity index (χ0n) is 14.7. The molecule has 1 aromatic heterocycles. The summed E-state index contributed by atoms with van der Waals surface area (Å²) in [6.45, 7) is 6.49. The Morgan fingerprint density at radius 3 is 2.24 bits per heavy atom. The standard InChI is InChI=1S/C21H25N3O/c1-25-20-8-6-17(7-9-20)15-23-10-12-24(13-11-23)16-19-14-18-4-2-3-5-21(18)22-19/h2-9,14,22H,10-13,15-16H2,1H3. The minimum absolute atomic E-state index is 0.923. The molecule has 130 valence electrons. The summed E-state index contributed by atoms with van der Waals surface area (Å²) < 4.78 is 5.23. The van der Waals surface area contributed by atoms with Crippen molar-refractivity contribution in [3.05, 3.63) is 65.9 Å². The van der Waals surface area contributed by atoms with E-state index in [9.17, 15) is 0 Å². The molecule has 25 heavy (non-hydrogen) atoms. The number of ether oxygens (including phenoxy) is 1. The van der Waals surface area contributed by atoms with Gasteiger partial charge in [0.05, 0.1) is 7.11 Å². The second-order valence-corrected chi connectivity index (χ2v) is 6.78. The van der Waals surface area contributed by atoms with E-state index in [1.165, 1.54) is 22.2 Å². The van der Waals surface area contributed by atoms with E-state index < -0.39 is 0 Å². The molecule has 0 bridgehead atoms. The molecule has 1 aliphatic rings. The monoisotopic (exact) mass is 335 g/mol. The van der Waals surface area contributed by atoms with Gasteiger partial charge in [0.25, 0.3) is 0 Å². The minimum Gasteiger partial charge on any atom is -0.497 e. The fourth-order valence-electron chi connectivity index (χ4n) is 3.55. The largest absolute Gasteiger partial charge is 0.497 e. The quantitative estimate of drug-likeness (QED) is 0.774. The highest BCUT2D eigenvalue weighted by Gasteiger charge is 2.17. The first kappa shape index (κ1) is 16.2. The molecule has 4 rings (SSSR count). The Morgan fingerprint density at radius 1 is 0.880 bits per heavy atom. The van der Waals surface area contributed by atoms with Crippen molar-refractivity contribution < 1.29 is 4.74 Å². The van der Waals surface area contributed by atoms with Crippen molar-refractivity contribution in [3.8, 4) is 5.75 Å². The molecule has 0 radical (unpaired) electrons. The number of fused-ring (bicyclic) bond motifs is 1. The van der Waals surface area contributed by atoms with E-state index in [0.29, 0.717) is 0 Å². The van der Waals surface area contributed by atoms with Gasteiger partial charge in [0.15, 0.2) is 0 Å². The van der Waals surface area contributed by atoms with Crippen LogP contribution in [0.1, 0.15) is 11.3 Å². The molecule has 0 unspecified atom stereocenters. The lowest BCUT2D eigenvalue weighted by molar-refractivity contribution is 0.121. The molecule has 1 aliphatic heterocycles. The maximum absolute atomic E-state index is 5.23. The van der Waals surface area contributed by atoms with Gasteiger partial charge in [0, 0.05) is 50.5 Å². The summed E-state index contributed by atoms with van der Waals surface area (Å²) in [5.74, 6) is 0.923. The third-order valence-corrected chi connectivity index (χ3v) is 5.01. The Labute approximate surface area is 149 Å². The zero-order chi connectivity index (χ0) is 17.1. The van der Waals surface area contributed by atoms with Crippen molar-refractivity contribution in [2.24, 2.45) is 0 Å². The topological polar surface area (TPSA) is 31.5 Å². The number of H-pyrrole nitrogens is 1. The van der Waals surface area contributed by atoms with Crippen LogP contribution in [-0.2, 0) is 13.1 Å². The van der Waals surface area contributed by atoms with Gasteiger partial charge in [-0.15, -0.1) is 0 Å². The number of nitrogens with one attached hydrogen (secondary N) is 1. The average Bonchev–Trinajstić information content (AvgIpc) is 3.06. The van der Waals surface area contributed by atoms with Gasteiger partial charge >= 0.3 is 0 Å². The highest BCUT2D eigenvalue weighted by Crippen LogP contribution is 2.18. The molecule has 0 aliphatic carbocycles. The Hall–Kier alpha value is -2.30. The zero-order valence-corrected chi connectivity index (χ0v) is 14.7. The highest BCUT2D eigenvalue weighted by atomic mass is 16.5. The van der Waals surface area contributed by atoms with Crippen LogP contribution in [0.3, 0.4) is 0 Å². The Morgan fingerprint density at radius 2 is 1.56 bits per heavy atom. The maximum atomic E-state index is 5.23. The molecule has 0 amide bonds. The van der Waals surface area contributed by atoms with Crippen molar-refractivity contribution in [3.63, 3.8) is 0 Å². The van der Waals surface area contributed by atoms with Crippen molar-refractivity contribution in [2.75, 3.05) is 33.3 Å². The number of rotatable bonds is 5. The van der Waals surface area contributed by atoms with E-state index in [-0.39, 0.29) is 0 Å². The molecule has 3 aromatic rings. The lowest BCUT2D eigenvalue weighted by atomic mass is 10.2. The second kappa shape index (κ2) is 7.30. The Balaban J connectivity index is 1.30. The van der Waals surface area contributed by atoms with Crippen LogP contribution in [0.15, 0.2) is 54.6 Å². The third-order valence-electron chi connectivity index (χ3n) is 5.01. The molecule has 4 heteroatoms. The average molecular weight is 335 g/mol. The van der Waals surface area contributed by atoms with Crippen LogP contribution in [0.4, 0.5) is 0 Å². The van der Waals surface area contributed by atoms with Crippen molar-refractivity contribution in [1.29, 1.82) is 0 Å². The first-order valence-electron chi connectivity index (χ1n) is 8.94. The number of aromatic amines is 1. The van der Waals surface area contributed by atoms with Gasteiger partial charge in [-0.2, -0.15) is 0 Å². The van der Waals surface area contributed by atoms with Crippen LogP contribution < -0.4 is 4.74 Å². The molecule has 0 spiro atoms. The lowest BCUT2D eigenvalue weighted by Gasteiger charge is -2.34. The van der Waals surface area contributed by atoms with Crippen molar-refractivity contribution in [1.82, 2.24) is 14.8 Å². The maximum Gasteiger partial charge on any atom is 0.118 e. The third kappa shape index (κ3) is 3.86. The fourth-order valence-corrected chi connectivity index (χ4v) is 3.55. The summed E-state index contributed by atoms with van der Waals surface area (Å²) in [6.07, 6.45) is 0. The number of nitrogens with zero attached hydrogens (tertiary/aromatic N) is 2. The summed E-state index contributed by atoms with van der Waals surface area (Å²) in [4.78, 5) is 8.61. The molecule has 2 heterocycles. The van der Waals surface area contributed by atoms with Crippen LogP contribution in [-0.4, -0.2) is 48.1 Å². The van der Waals surface area contributed by atoms with Gasteiger partial charge in [-0.3, -0.25) is 9.80 Å². The number of hydrogen-bond donors (Lipinski definition) is 1. The van der Waals surface area contributed by atoms with E-state index in [4.69, 9.17) is 4.74 Å². The molecular weight excluding hydrogens is 310 g/mol. The van der Waals surface area contributed by atoms with Crippen LogP contribution in [0.25, 0.3) is 10.9 Å². The second-order valence-electron chi connectivity index (χ2n) is 6.78. The summed E-state index contributed by atoms with van der Waals surface area (Å²) in [5, 5.41) is 1.30. The molecule has 2 aromatic carbocycles. The van der Waals surface area contributed by atoms with Gasteiger partial charge in [0.2, 0.25) is 0 Å². The lowest BCUT2D eigenvalue weighted by Crippen LogP contribution is -2.45. The van der Waals surface area contributed by atoms with Crippen LogP contribution >= 0.6 is 0 Å². The predicted molar refractivity (Wildman–Crippen MR) is 102 cm³/mol. The van der Waals surface area contributed by atoms with E-state index in [0.717, 1.165) is 45.0 Å². The molecule has 0 saturated carbocycles. The van der Waals surface area contributed by atoms with Crippen molar-refractivity contribution >= 4 is 10.9 Å². The number of hydrogen-bond acceptors (Lipinski definition) is 3. The van der Waals surface area contributed by atoms with Crippen LogP contribution in [0.2, 0.25) is 0 Å². The normalized spacial score (nSPS) is 16.4. The van der Waals surface area contributed by atoms with Gasteiger partial charge in [-0.1, -0.05) is 30.3 Å². The fraction of sp³-hybridized carbons (Fsp3) is 0.333. The Kier molecular flexibility index (Phi) is 4.72. The summed E-state index contributed by atoms with van der Waals surface area (Å²) >= 11 is 0. The minimum atomic E-state index is 0.923. The Bertz CT molecular complexity index is 784.